The van der Waals surface area contributed by atoms with Crippen molar-refractivity contribution in [2.24, 2.45) is 23.7 Å². The lowest BCUT2D eigenvalue weighted by Crippen LogP contribution is -2.62. The number of methoxy groups -OCH3 is 1. The third kappa shape index (κ3) is 5.87. The summed E-state index contributed by atoms with van der Waals surface area (Å²) in [5.41, 5.74) is 0.387. The number of amides is 2. The highest BCUT2D eigenvalue weighted by atomic mass is 35.5. The Morgan fingerprint density at radius 3 is 2.36 bits per heavy atom. The van der Waals surface area contributed by atoms with Crippen LogP contribution in [0.15, 0.2) is 54.7 Å². The number of hydrogen-bond donors (Lipinski definition) is 2. The van der Waals surface area contributed by atoms with Gasteiger partial charge < -0.3 is 29.4 Å². The monoisotopic (exact) mass is 633 g/mol. The van der Waals surface area contributed by atoms with Crippen LogP contribution in [0.3, 0.4) is 0 Å². The van der Waals surface area contributed by atoms with E-state index in [1.807, 2.05) is 30.5 Å². The average molecular weight is 634 g/mol. The van der Waals surface area contributed by atoms with Gasteiger partial charge in [-0.25, -0.2) is 9.59 Å². The number of fused-ring (bicyclic) bond motifs is 1. The van der Waals surface area contributed by atoms with Gasteiger partial charge in [-0.2, -0.15) is 0 Å². The maximum atomic E-state index is 14.6. The maximum Gasteiger partial charge on any atom is 0.408 e. The van der Waals surface area contributed by atoms with Gasteiger partial charge in [0, 0.05) is 35.0 Å². The second-order valence-corrected chi connectivity index (χ2v) is 14.2. The second kappa shape index (κ2) is 11.9. The molecule has 3 aromatic rings. The lowest BCUT2D eigenvalue weighted by atomic mass is 9.55. The molecule has 0 radical (unpaired) electrons. The average Bonchev–Trinajstić information content (AvgIpc) is 3.63. The predicted molar refractivity (Wildman–Crippen MR) is 169 cm³/mol. The number of H-pyrrole nitrogens is 1. The van der Waals surface area contributed by atoms with Crippen molar-refractivity contribution in [2.45, 2.75) is 75.7 Å². The Hall–Kier alpha value is -3.72. The largest absolute Gasteiger partial charge is 0.488 e. The molecule has 3 atom stereocenters. The summed E-state index contributed by atoms with van der Waals surface area (Å²) in [6, 6.07) is 13.9. The Bertz CT molecular complexity index is 1560. The van der Waals surface area contributed by atoms with Crippen LogP contribution in [0.5, 0.6) is 5.75 Å². The summed E-state index contributed by atoms with van der Waals surface area (Å²) >= 11 is 6.04. The van der Waals surface area contributed by atoms with E-state index in [4.69, 9.17) is 25.8 Å². The van der Waals surface area contributed by atoms with E-state index >= 15 is 0 Å². The van der Waals surface area contributed by atoms with Crippen molar-refractivity contribution in [1.82, 2.24) is 15.2 Å². The van der Waals surface area contributed by atoms with Crippen LogP contribution in [0.25, 0.3) is 10.9 Å². The molecule has 5 fully saturated rings. The fourth-order valence-corrected chi connectivity index (χ4v) is 8.89. The van der Waals surface area contributed by atoms with E-state index in [0.717, 1.165) is 54.0 Å². The first-order chi connectivity index (χ1) is 21.7. The van der Waals surface area contributed by atoms with Gasteiger partial charge >= 0.3 is 12.1 Å². The molecule has 2 aromatic carbocycles. The number of rotatable bonds is 8. The molecule has 2 amide bonds. The molecule has 2 N–H and O–H groups in total. The van der Waals surface area contributed by atoms with E-state index in [1.54, 1.807) is 31.2 Å². The third-order valence-corrected chi connectivity index (χ3v) is 10.8. The van der Waals surface area contributed by atoms with E-state index in [0.29, 0.717) is 22.6 Å². The van der Waals surface area contributed by atoms with E-state index in [-0.39, 0.29) is 25.5 Å². The zero-order valence-electron chi connectivity index (χ0n) is 25.7. The van der Waals surface area contributed by atoms with Gasteiger partial charge in [0.1, 0.15) is 29.5 Å². The molecule has 0 unspecified atom stereocenters. The predicted octanol–water partition coefficient (Wildman–Crippen LogP) is 5.89. The molecule has 1 saturated heterocycles. The number of aromatic nitrogens is 1. The van der Waals surface area contributed by atoms with Gasteiger partial charge in [-0.15, -0.1) is 0 Å². The Balaban J connectivity index is 1.15. The lowest BCUT2D eigenvalue weighted by molar-refractivity contribution is -0.153. The van der Waals surface area contributed by atoms with Crippen LogP contribution in [-0.4, -0.2) is 65.3 Å². The van der Waals surface area contributed by atoms with Crippen molar-refractivity contribution >= 4 is 40.5 Å². The van der Waals surface area contributed by atoms with Crippen molar-refractivity contribution in [3.05, 3.63) is 65.3 Å². The third-order valence-electron chi connectivity index (χ3n) is 10.6. The molecule has 10 heteroatoms. The zero-order chi connectivity index (χ0) is 31.3. The molecule has 1 aromatic heterocycles. The number of halogens is 1. The van der Waals surface area contributed by atoms with Gasteiger partial charge in [-0.1, -0.05) is 29.8 Å². The summed E-state index contributed by atoms with van der Waals surface area (Å²) in [5.74, 6) is 1.92. The number of para-hydroxylation sites is 1. The number of nitrogens with one attached hydrogen (secondary N) is 2. The summed E-state index contributed by atoms with van der Waals surface area (Å²) in [6.07, 6.45) is 6.89. The molecular formula is C35H40ClN3O6. The normalized spacial score (nSPS) is 29.8. The first kappa shape index (κ1) is 30.0. The molecule has 1 aliphatic heterocycles. The molecule has 0 spiro atoms. The van der Waals surface area contributed by atoms with Gasteiger partial charge in [-0.3, -0.25) is 4.79 Å². The standard InChI is InChI=1S/C35H40ClN3O6/c1-35(17-24-18-37-29-6-4-3-5-28(24)29,38-34(42)45-31-22-12-20-11-21(14-22)15-23(31)13-20)33(41)39-19-27(16-30(39)32(40)43-2)44-26-9-7-25(36)8-10-26/h3-10,18,20-23,27,30-31,37H,11-17,19H2,1-2H3,(H,38,42)/t20?,21?,22?,23?,27-,30-,31?,35-/m1/s1. The summed E-state index contributed by atoms with van der Waals surface area (Å²) < 4.78 is 17.5. The van der Waals surface area contributed by atoms with Crippen molar-refractivity contribution in [3.63, 3.8) is 0 Å². The number of alkyl carbamates (subject to hydrolysis) is 1. The highest BCUT2D eigenvalue weighted by Gasteiger charge is 2.52. The van der Waals surface area contributed by atoms with E-state index in [9.17, 15) is 14.4 Å². The molecule has 9 nitrogen and oxygen atoms in total. The number of ether oxygens (including phenoxy) is 3. The quantitative estimate of drug-likeness (QED) is 0.299. The molecule has 8 rings (SSSR count). The van der Waals surface area contributed by atoms with E-state index in [2.05, 4.69) is 10.3 Å². The topological polar surface area (TPSA) is 110 Å². The van der Waals surface area contributed by atoms with Gasteiger partial charge in [0.2, 0.25) is 5.91 Å². The van der Waals surface area contributed by atoms with Crippen molar-refractivity contribution < 1.29 is 28.6 Å². The highest BCUT2D eigenvalue weighted by Crippen LogP contribution is 2.54. The zero-order valence-corrected chi connectivity index (χ0v) is 26.4. The minimum absolute atomic E-state index is 0.128. The molecule has 5 aliphatic rings. The van der Waals surface area contributed by atoms with Crippen LogP contribution in [0.1, 0.15) is 51.0 Å². The summed E-state index contributed by atoms with van der Waals surface area (Å²) in [7, 11) is 1.31. The van der Waals surface area contributed by atoms with Gasteiger partial charge in [-0.05, 0) is 98.6 Å². The number of carbonyl (C=O) groups is 3. The summed E-state index contributed by atoms with van der Waals surface area (Å²) in [5, 5.41) is 4.55. The number of benzene rings is 2. The minimum Gasteiger partial charge on any atom is -0.488 e. The maximum absolute atomic E-state index is 14.6. The van der Waals surface area contributed by atoms with E-state index < -0.39 is 35.7 Å². The Kier molecular flexibility index (Phi) is 7.92. The van der Waals surface area contributed by atoms with Crippen LogP contribution in [0.4, 0.5) is 4.79 Å². The first-order valence-electron chi connectivity index (χ1n) is 16.0. The lowest BCUT2D eigenvalue weighted by Gasteiger charge is -2.53. The number of esters is 1. The molecule has 238 valence electrons. The van der Waals surface area contributed by atoms with Crippen LogP contribution in [0, 0.1) is 23.7 Å². The van der Waals surface area contributed by atoms with Crippen molar-refractivity contribution in [1.29, 1.82) is 0 Å². The molecule has 4 aliphatic carbocycles. The van der Waals surface area contributed by atoms with Crippen LogP contribution >= 0.6 is 11.6 Å². The summed E-state index contributed by atoms with van der Waals surface area (Å²) in [6.45, 7) is 1.87. The molecule has 45 heavy (non-hydrogen) atoms. The molecule has 4 bridgehead atoms. The highest BCUT2D eigenvalue weighted by molar-refractivity contribution is 6.30. The van der Waals surface area contributed by atoms with Crippen LogP contribution in [0.2, 0.25) is 5.02 Å². The number of aromatic amines is 1. The Morgan fingerprint density at radius 1 is 0.978 bits per heavy atom. The van der Waals surface area contributed by atoms with Crippen molar-refractivity contribution in [2.75, 3.05) is 13.7 Å². The second-order valence-electron chi connectivity index (χ2n) is 13.7. The minimum atomic E-state index is -1.42. The van der Waals surface area contributed by atoms with Crippen LogP contribution < -0.4 is 10.1 Å². The number of nitrogens with zero attached hydrogens (tertiary/aromatic N) is 1. The smallest absolute Gasteiger partial charge is 0.408 e. The van der Waals surface area contributed by atoms with Gasteiger partial charge in [0.15, 0.2) is 0 Å². The van der Waals surface area contributed by atoms with Crippen LogP contribution in [-0.2, 0) is 25.5 Å². The van der Waals surface area contributed by atoms with Gasteiger partial charge in [0.05, 0.1) is 13.7 Å². The SMILES string of the molecule is COC(=O)[C@H]1C[C@@H](Oc2ccc(Cl)cc2)CN1C(=O)[C@@](C)(Cc1c[nH]c2ccccc12)NC(=O)OC1C2CC3CC(C2)CC1C3. The van der Waals surface area contributed by atoms with Gasteiger partial charge in [0.25, 0.3) is 0 Å². The van der Waals surface area contributed by atoms with Crippen molar-refractivity contribution in [3.8, 4) is 5.75 Å². The summed E-state index contributed by atoms with van der Waals surface area (Å²) in [4.78, 5) is 46.1. The Labute approximate surface area is 267 Å². The fraction of sp³-hybridized carbons (Fsp3) is 0.514. The fourth-order valence-electron chi connectivity index (χ4n) is 8.77. The number of likely N-dealkylation sites (tertiary alicyclic amines) is 1. The first-order valence-corrected chi connectivity index (χ1v) is 16.4. The number of carbonyl (C=O) groups excluding carboxylic acids is 3. The van der Waals surface area contributed by atoms with E-state index in [1.165, 1.54) is 18.4 Å². The Morgan fingerprint density at radius 2 is 1.67 bits per heavy atom. The molecule has 2 heterocycles. The molecule has 4 saturated carbocycles. The molecular weight excluding hydrogens is 594 g/mol. The number of hydrogen-bond acceptors (Lipinski definition) is 6.